The third kappa shape index (κ3) is 6.24. The number of nitrogens with one attached hydrogen (secondary N) is 4. The first-order valence-electron chi connectivity index (χ1n) is 8.46. The van der Waals surface area contributed by atoms with E-state index in [-0.39, 0.29) is 36.3 Å². The van der Waals surface area contributed by atoms with Crippen LogP contribution >= 0.6 is 0 Å². The summed E-state index contributed by atoms with van der Waals surface area (Å²) in [7, 11) is 0. The Bertz CT molecular complexity index is 716. The molecule has 148 valence electrons. The summed E-state index contributed by atoms with van der Waals surface area (Å²) in [5.74, 6) is -1.28. The number of carbonyl (C=O) groups excluding carboxylic acids is 3. The van der Waals surface area contributed by atoms with Crippen LogP contribution in [0.15, 0.2) is 18.2 Å². The Hall–Kier alpha value is -2.62. The zero-order chi connectivity index (χ0) is 20.0. The molecule has 2 rings (SSSR count). The highest BCUT2D eigenvalue weighted by Crippen LogP contribution is 2.34. The predicted molar refractivity (Wildman–Crippen MR) is 93.0 cm³/mol. The minimum Gasteiger partial charge on any atom is -0.354 e. The van der Waals surface area contributed by atoms with Crippen molar-refractivity contribution < 1.29 is 27.6 Å². The van der Waals surface area contributed by atoms with Crippen LogP contribution in [0.4, 0.5) is 24.5 Å². The van der Waals surface area contributed by atoms with Crippen molar-refractivity contribution in [2.24, 2.45) is 0 Å². The van der Waals surface area contributed by atoms with Gasteiger partial charge in [-0.3, -0.25) is 14.4 Å². The minimum absolute atomic E-state index is 0.0529. The van der Waals surface area contributed by atoms with E-state index in [9.17, 15) is 27.6 Å². The van der Waals surface area contributed by atoms with Gasteiger partial charge < -0.3 is 21.3 Å². The van der Waals surface area contributed by atoms with Crippen molar-refractivity contribution in [3.05, 3.63) is 23.8 Å². The molecular weight excluding hydrogens is 365 g/mol. The zero-order valence-corrected chi connectivity index (χ0v) is 14.7. The summed E-state index contributed by atoms with van der Waals surface area (Å²) in [5, 5.41) is 10.4. The first kappa shape index (κ1) is 20.7. The fraction of sp³-hybridized carbons (Fsp3) is 0.471. The fourth-order valence-corrected chi connectivity index (χ4v) is 2.67. The summed E-state index contributed by atoms with van der Waals surface area (Å²) < 4.78 is 38.7. The predicted octanol–water partition coefficient (Wildman–Crippen LogP) is 1.86. The van der Waals surface area contributed by atoms with Gasteiger partial charge in [0.15, 0.2) is 0 Å². The number of benzene rings is 1. The Balaban J connectivity index is 1.97. The summed E-state index contributed by atoms with van der Waals surface area (Å²) in [6, 6.07) is 2.37. The SMILES string of the molecule is CC(=O)Nc1ccc(C(F)(F)F)cc1NC(=O)CCNC(=O)C1CCCN1. The molecule has 0 radical (unpaired) electrons. The lowest BCUT2D eigenvalue weighted by Crippen LogP contribution is -2.41. The van der Waals surface area contributed by atoms with Gasteiger partial charge in [0.25, 0.3) is 0 Å². The highest BCUT2D eigenvalue weighted by atomic mass is 19.4. The Morgan fingerprint density at radius 3 is 2.52 bits per heavy atom. The van der Waals surface area contributed by atoms with Crippen molar-refractivity contribution in [1.82, 2.24) is 10.6 Å². The molecule has 1 aromatic rings. The highest BCUT2D eigenvalue weighted by molar-refractivity contribution is 5.99. The number of hydrogen-bond acceptors (Lipinski definition) is 4. The molecule has 1 heterocycles. The van der Waals surface area contributed by atoms with Gasteiger partial charge in [-0.15, -0.1) is 0 Å². The molecule has 1 aliphatic heterocycles. The van der Waals surface area contributed by atoms with Gasteiger partial charge >= 0.3 is 6.18 Å². The minimum atomic E-state index is -4.59. The Morgan fingerprint density at radius 1 is 1.19 bits per heavy atom. The number of hydrogen-bond donors (Lipinski definition) is 4. The van der Waals surface area contributed by atoms with Crippen molar-refractivity contribution in [3.8, 4) is 0 Å². The van der Waals surface area contributed by atoms with Crippen molar-refractivity contribution in [1.29, 1.82) is 0 Å². The molecule has 1 saturated heterocycles. The van der Waals surface area contributed by atoms with Gasteiger partial charge in [0.05, 0.1) is 23.0 Å². The van der Waals surface area contributed by atoms with Gasteiger partial charge in [0, 0.05) is 19.9 Å². The van der Waals surface area contributed by atoms with Gasteiger partial charge in [0.2, 0.25) is 17.7 Å². The quantitative estimate of drug-likeness (QED) is 0.600. The van der Waals surface area contributed by atoms with Gasteiger partial charge in [-0.05, 0) is 37.6 Å². The first-order chi connectivity index (χ1) is 12.7. The molecule has 0 spiro atoms. The molecule has 1 atom stereocenters. The van der Waals surface area contributed by atoms with E-state index >= 15 is 0 Å². The van der Waals surface area contributed by atoms with Gasteiger partial charge in [0.1, 0.15) is 0 Å². The molecule has 1 fully saturated rings. The van der Waals surface area contributed by atoms with Crippen LogP contribution in [0, 0.1) is 0 Å². The normalized spacial score (nSPS) is 16.7. The number of carbonyl (C=O) groups is 3. The lowest BCUT2D eigenvalue weighted by atomic mass is 10.1. The van der Waals surface area contributed by atoms with E-state index in [1.165, 1.54) is 6.92 Å². The third-order valence-electron chi connectivity index (χ3n) is 3.96. The van der Waals surface area contributed by atoms with Gasteiger partial charge in [-0.25, -0.2) is 0 Å². The second kappa shape index (κ2) is 8.85. The molecular formula is C17H21F3N4O3. The number of rotatable bonds is 6. The number of alkyl halides is 3. The summed E-state index contributed by atoms with van der Waals surface area (Å²) in [6.07, 6.45) is -3.08. The van der Waals surface area contributed by atoms with E-state index in [0.717, 1.165) is 37.6 Å². The highest BCUT2D eigenvalue weighted by Gasteiger charge is 2.31. The molecule has 0 saturated carbocycles. The molecule has 1 unspecified atom stereocenters. The van der Waals surface area contributed by atoms with Gasteiger partial charge in [-0.2, -0.15) is 13.2 Å². The van der Waals surface area contributed by atoms with Gasteiger partial charge in [-0.1, -0.05) is 0 Å². The monoisotopic (exact) mass is 386 g/mol. The van der Waals surface area contributed by atoms with Crippen molar-refractivity contribution >= 4 is 29.1 Å². The van der Waals surface area contributed by atoms with Crippen LogP contribution in [-0.4, -0.2) is 36.9 Å². The average molecular weight is 386 g/mol. The van der Waals surface area contributed by atoms with Crippen molar-refractivity contribution in [3.63, 3.8) is 0 Å². The second-order valence-electron chi connectivity index (χ2n) is 6.18. The van der Waals surface area contributed by atoms with Crippen LogP contribution in [-0.2, 0) is 20.6 Å². The maximum absolute atomic E-state index is 12.9. The maximum Gasteiger partial charge on any atom is 0.416 e. The lowest BCUT2D eigenvalue weighted by Gasteiger charge is -2.15. The van der Waals surface area contributed by atoms with Crippen LogP contribution in [0.5, 0.6) is 0 Å². The summed E-state index contributed by atoms with van der Waals surface area (Å²) >= 11 is 0. The number of halogens is 3. The van der Waals surface area contributed by atoms with Crippen LogP contribution in [0.1, 0.15) is 31.7 Å². The molecule has 27 heavy (non-hydrogen) atoms. The van der Waals surface area contributed by atoms with Crippen LogP contribution in [0.2, 0.25) is 0 Å². The third-order valence-corrected chi connectivity index (χ3v) is 3.96. The molecule has 0 bridgehead atoms. The molecule has 1 aromatic carbocycles. The number of anilines is 2. The summed E-state index contributed by atoms with van der Waals surface area (Å²) in [6.45, 7) is 2.02. The number of amides is 3. The maximum atomic E-state index is 12.9. The zero-order valence-electron chi connectivity index (χ0n) is 14.7. The Kier molecular flexibility index (Phi) is 6.78. The molecule has 1 aliphatic rings. The second-order valence-corrected chi connectivity index (χ2v) is 6.18. The Labute approximate surface area is 154 Å². The fourth-order valence-electron chi connectivity index (χ4n) is 2.67. The van der Waals surface area contributed by atoms with Crippen LogP contribution < -0.4 is 21.3 Å². The van der Waals surface area contributed by atoms with Crippen LogP contribution in [0.3, 0.4) is 0 Å². The largest absolute Gasteiger partial charge is 0.416 e. The van der Waals surface area contributed by atoms with Crippen molar-refractivity contribution in [2.75, 3.05) is 23.7 Å². The van der Waals surface area contributed by atoms with E-state index in [0.29, 0.717) is 0 Å². The summed E-state index contributed by atoms with van der Waals surface area (Å²) in [5.41, 5.74) is -1.05. The lowest BCUT2D eigenvalue weighted by molar-refractivity contribution is -0.137. The smallest absolute Gasteiger partial charge is 0.354 e. The van der Waals surface area contributed by atoms with E-state index < -0.39 is 23.6 Å². The standard InChI is InChI=1S/C17H21F3N4O3/c1-10(25)23-12-5-4-11(17(18,19)20)9-14(12)24-15(26)6-8-22-16(27)13-3-2-7-21-13/h4-5,9,13,21H,2-3,6-8H2,1H3,(H,22,27)(H,23,25)(H,24,26). The first-order valence-corrected chi connectivity index (χ1v) is 8.46. The molecule has 0 aromatic heterocycles. The molecule has 3 amide bonds. The molecule has 7 nitrogen and oxygen atoms in total. The molecule has 0 aliphatic carbocycles. The van der Waals surface area contributed by atoms with E-state index in [1.807, 2.05) is 0 Å². The topological polar surface area (TPSA) is 99.3 Å². The average Bonchev–Trinajstić information content (AvgIpc) is 3.09. The Morgan fingerprint density at radius 2 is 1.93 bits per heavy atom. The molecule has 10 heteroatoms. The van der Waals surface area contributed by atoms with E-state index in [2.05, 4.69) is 21.3 Å². The van der Waals surface area contributed by atoms with Crippen molar-refractivity contribution in [2.45, 2.75) is 38.4 Å². The molecule has 4 N–H and O–H groups in total. The van der Waals surface area contributed by atoms with E-state index in [4.69, 9.17) is 0 Å². The summed E-state index contributed by atoms with van der Waals surface area (Å²) in [4.78, 5) is 35.1. The van der Waals surface area contributed by atoms with E-state index in [1.54, 1.807) is 0 Å². The van der Waals surface area contributed by atoms with Crippen LogP contribution in [0.25, 0.3) is 0 Å².